The Morgan fingerprint density at radius 1 is 1.19 bits per heavy atom. The molecule has 0 saturated carbocycles. The number of aromatic nitrogens is 2. The molecule has 1 aromatic carbocycles. The zero-order chi connectivity index (χ0) is 18.3. The van der Waals surface area contributed by atoms with Crippen LogP contribution in [-0.2, 0) is 13.0 Å². The van der Waals surface area contributed by atoms with Crippen LogP contribution in [0.1, 0.15) is 29.3 Å². The number of aryl methyl sites for hydroxylation is 1. The Morgan fingerprint density at radius 3 is 2.69 bits per heavy atom. The molecule has 134 valence electrons. The van der Waals surface area contributed by atoms with Crippen molar-refractivity contribution in [3.63, 3.8) is 0 Å². The summed E-state index contributed by atoms with van der Waals surface area (Å²) in [6.45, 7) is 6.30. The lowest BCUT2D eigenvalue weighted by Gasteiger charge is -2.25. The van der Waals surface area contributed by atoms with Gasteiger partial charge >= 0.3 is 0 Å². The minimum atomic E-state index is 0.00998. The summed E-state index contributed by atoms with van der Waals surface area (Å²) >= 11 is 0. The lowest BCUT2D eigenvalue weighted by Crippen LogP contribution is -2.27. The summed E-state index contributed by atoms with van der Waals surface area (Å²) < 4.78 is 2.36. The quantitative estimate of drug-likeness (QED) is 0.785. The molecule has 0 unspecified atom stereocenters. The number of aliphatic hydroxyl groups is 1. The molecule has 3 heterocycles. The SMILES string of the molecule is C/C(=C(/CO)c1ccncc1)n1c2c(c3cc(C)ccc31)CN(C)CC2. The third-order valence-corrected chi connectivity index (χ3v) is 5.45. The molecule has 2 aromatic heterocycles. The number of nitrogens with zero attached hydrogens (tertiary/aromatic N) is 3. The van der Waals surface area contributed by atoms with Crippen molar-refractivity contribution in [3.05, 3.63) is 65.1 Å². The van der Waals surface area contributed by atoms with Crippen molar-refractivity contribution >= 4 is 22.2 Å². The van der Waals surface area contributed by atoms with Gasteiger partial charge in [-0.15, -0.1) is 0 Å². The summed E-state index contributed by atoms with van der Waals surface area (Å²) in [7, 11) is 2.18. The van der Waals surface area contributed by atoms with Crippen molar-refractivity contribution in [2.24, 2.45) is 0 Å². The predicted molar refractivity (Wildman–Crippen MR) is 107 cm³/mol. The Hall–Kier alpha value is -2.43. The van der Waals surface area contributed by atoms with Crippen LogP contribution in [0.5, 0.6) is 0 Å². The molecule has 26 heavy (non-hydrogen) atoms. The lowest BCUT2D eigenvalue weighted by molar-refractivity contribution is 0.311. The van der Waals surface area contributed by atoms with Crippen molar-refractivity contribution in [1.29, 1.82) is 0 Å². The summed E-state index contributed by atoms with van der Waals surface area (Å²) in [5.74, 6) is 0. The van der Waals surface area contributed by atoms with E-state index in [1.165, 1.54) is 27.7 Å². The molecule has 1 aliphatic rings. The molecule has 4 nitrogen and oxygen atoms in total. The topological polar surface area (TPSA) is 41.3 Å². The van der Waals surface area contributed by atoms with E-state index >= 15 is 0 Å². The number of allylic oxidation sites excluding steroid dienone is 1. The van der Waals surface area contributed by atoms with Crippen molar-refractivity contribution < 1.29 is 5.11 Å². The van der Waals surface area contributed by atoms with Gasteiger partial charge in [-0.3, -0.25) is 4.98 Å². The second-order valence-corrected chi connectivity index (χ2v) is 7.23. The Balaban J connectivity index is 2.01. The van der Waals surface area contributed by atoms with Crippen LogP contribution < -0.4 is 0 Å². The van der Waals surface area contributed by atoms with E-state index in [1.807, 2.05) is 12.1 Å². The third kappa shape index (κ3) is 2.75. The Morgan fingerprint density at radius 2 is 1.96 bits per heavy atom. The standard InChI is InChI=1S/C22H25N3O/c1-15-4-5-21-18(12-15)19-13-24(3)11-8-22(19)25(21)16(2)20(14-26)17-6-9-23-10-7-17/h4-7,9-10,12,26H,8,11,13-14H2,1-3H3/b20-16+. The van der Waals surface area contributed by atoms with E-state index < -0.39 is 0 Å². The predicted octanol–water partition coefficient (Wildman–Crippen LogP) is 3.71. The van der Waals surface area contributed by atoms with Gasteiger partial charge in [0.1, 0.15) is 0 Å². The summed E-state index contributed by atoms with van der Waals surface area (Å²) in [6, 6.07) is 10.6. The monoisotopic (exact) mass is 347 g/mol. The first-order chi connectivity index (χ1) is 12.6. The van der Waals surface area contributed by atoms with Crippen LogP contribution in [0.3, 0.4) is 0 Å². The summed E-state index contributed by atoms with van der Waals surface area (Å²) in [6.07, 6.45) is 4.58. The molecule has 0 radical (unpaired) electrons. The molecule has 0 aliphatic carbocycles. The zero-order valence-electron chi connectivity index (χ0n) is 15.7. The fourth-order valence-electron chi connectivity index (χ4n) is 4.09. The van der Waals surface area contributed by atoms with E-state index in [1.54, 1.807) is 12.4 Å². The van der Waals surface area contributed by atoms with E-state index in [9.17, 15) is 5.11 Å². The number of hydrogen-bond acceptors (Lipinski definition) is 3. The normalized spacial score (nSPS) is 15.8. The Labute approximate surface area is 154 Å². The highest BCUT2D eigenvalue weighted by atomic mass is 16.3. The maximum absolute atomic E-state index is 10.1. The number of benzene rings is 1. The van der Waals surface area contributed by atoms with Gasteiger partial charge in [-0.2, -0.15) is 0 Å². The van der Waals surface area contributed by atoms with Crippen LogP contribution >= 0.6 is 0 Å². The molecular formula is C22H25N3O. The molecule has 0 saturated heterocycles. The smallest absolute Gasteiger partial charge is 0.0704 e. The van der Waals surface area contributed by atoms with Crippen molar-refractivity contribution in [3.8, 4) is 0 Å². The van der Waals surface area contributed by atoms with E-state index in [-0.39, 0.29) is 6.61 Å². The fourth-order valence-corrected chi connectivity index (χ4v) is 4.09. The zero-order valence-corrected chi connectivity index (χ0v) is 15.7. The van der Waals surface area contributed by atoms with Gasteiger partial charge in [0.25, 0.3) is 0 Å². The minimum absolute atomic E-state index is 0.00998. The molecule has 0 spiro atoms. The van der Waals surface area contributed by atoms with Gasteiger partial charge < -0.3 is 14.6 Å². The van der Waals surface area contributed by atoms with E-state index in [0.29, 0.717) is 0 Å². The van der Waals surface area contributed by atoms with E-state index in [4.69, 9.17) is 0 Å². The molecule has 4 heteroatoms. The van der Waals surface area contributed by atoms with Gasteiger partial charge in [0, 0.05) is 54.3 Å². The molecule has 0 fully saturated rings. The molecule has 0 atom stereocenters. The van der Waals surface area contributed by atoms with Crippen LogP contribution in [0.2, 0.25) is 0 Å². The maximum Gasteiger partial charge on any atom is 0.0704 e. The molecular weight excluding hydrogens is 322 g/mol. The van der Waals surface area contributed by atoms with Crippen molar-refractivity contribution in [1.82, 2.24) is 14.5 Å². The summed E-state index contributed by atoms with van der Waals surface area (Å²) in [5, 5.41) is 11.4. The number of hydrogen-bond donors (Lipinski definition) is 1. The average molecular weight is 347 g/mol. The number of fused-ring (bicyclic) bond motifs is 3. The highest BCUT2D eigenvalue weighted by Crippen LogP contribution is 2.35. The largest absolute Gasteiger partial charge is 0.392 e. The van der Waals surface area contributed by atoms with Crippen LogP contribution in [-0.4, -0.2) is 39.8 Å². The molecule has 1 N–H and O–H groups in total. The highest BCUT2D eigenvalue weighted by molar-refractivity contribution is 5.93. The average Bonchev–Trinajstić information content (AvgIpc) is 2.96. The Kier molecular flexibility index (Phi) is 4.39. The van der Waals surface area contributed by atoms with Crippen LogP contribution in [0.15, 0.2) is 42.7 Å². The summed E-state index contributed by atoms with van der Waals surface area (Å²) in [4.78, 5) is 6.48. The molecule has 1 aliphatic heterocycles. The van der Waals surface area contributed by atoms with Gasteiger partial charge in [-0.1, -0.05) is 11.6 Å². The first-order valence-electron chi connectivity index (χ1n) is 9.13. The van der Waals surface area contributed by atoms with Gasteiger partial charge in [0.15, 0.2) is 0 Å². The third-order valence-electron chi connectivity index (χ3n) is 5.45. The summed E-state index contributed by atoms with van der Waals surface area (Å²) in [5.41, 5.74) is 8.38. The van der Waals surface area contributed by atoms with Crippen LogP contribution in [0.25, 0.3) is 22.2 Å². The molecule has 0 bridgehead atoms. The van der Waals surface area contributed by atoms with Gasteiger partial charge in [0.2, 0.25) is 0 Å². The second kappa shape index (κ2) is 6.71. The van der Waals surface area contributed by atoms with Gasteiger partial charge in [0.05, 0.1) is 12.1 Å². The lowest BCUT2D eigenvalue weighted by atomic mass is 10.0. The van der Waals surface area contributed by atoms with Crippen LogP contribution in [0.4, 0.5) is 0 Å². The Bertz CT molecular complexity index is 986. The van der Waals surface area contributed by atoms with Gasteiger partial charge in [-0.25, -0.2) is 0 Å². The maximum atomic E-state index is 10.1. The van der Waals surface area contributed by atoms with Crippen LogP contribution in [0, 0.1) is 6.92 Å². The highest BCUT2D eigenvalue weighted by Gasteiger charge is 2.24. The first kappa shape index (κ1) is 17.0. The van der Waals surface area contributed by atoms with Crippen molar-refractivity contribution in [2.45, 2.75) is 26.8 Å². The van der Waals surface area contributed by atoms with E-state index in [2.05, 4.69) is 53.5 Å². The molecule has 0 amide bonds. The first-order valence-corrected chi connectivity index (χ1v) is 9.13. The molecule has 4 rings (SSSR count). The molecule has 3 aromatic rings. The fraction of sp³-hybridized carbons (Fsp3) is 0.318. The second-order valence-electron chi connectivity index (χ2n) is 7.23. The number of rotatable bonds is 3. The number of pyridine rings is 1. The van der Waals surface area contributed by atoms with E-state index in [0.717, 1.165) is 36.3 Å². The van der Waals surface area contributed by atoms with Crippen molar-refractivity contribution in [2.75, 3.05) is 20.2 Å². The minimum Gasteiger partial charge on any atom is -0.392 e. The number of aliphatic hydroxyl groups excluding tert-OH is 1. The number of likely N-dealkylation sites (N-methyl/N-ethyl adjacent to an activating group) is 1. The van der Waals surface area contributed by atoms with Gasteiger partial charge in [-0.05, 0) is 56.3 Å².